The molecule has 4 atom stereocenters. The first kappa shape index (κ1) is 22.1. The SMILES string of the molecule is CC(=O)O[C@@H]1[C@@H](CO)O[C@@H](n2cc3c4c(ncnc42)N(C(C)=O)OCC3)[C@]1(C)OC(C)=O. The Bertz CT molecular complexity index is 1080. The van der Waals surface area contributed by atoms with Crippen LogP contribution in [0.1, 0.15) is 39.5 Å². The minimum atomic E-state index is -1.47. The second kappa shape index (κ2) is 8.11. The van der Waals surface area contributed by atoms with Gasteiger partial charge in [-0.3, -0.25) is 19.2 Å². The van der Waals surface area contributed by atoms with Crippen molar-refractivity contribution in [1.29, 1.82) is 0 Å². The van der Waals surface area contributed by atoms with Crippen molar-refractivity contribution >= 4 is 34.7 Å². The maximum Gasteiger partial charge on any atom is 0.303 e. The quantitative estimate of drug-likeness (QED) is 0.654. The first-order chi connectivity index (χ1) is 15.2. The molecule has 2 aliphatic rings. The number of hydroxylamine groups is 1. The zero-order valence-electron chi connectivity index (χ0n) is 18.1. The van der Waals surface area contributed by atoms with Crippen LogP contribution in [0.25, 0.3) is 11.0 Å². The van der Waals surface area contributed by atoms with Crippen molar-refractivity contribution in [3.63, 3.8) is 0 Å². The average molecular weight is 448 g/mol. The van der Waals surface area contributed by atoms with Gasteiger partial charge in [-0.25, -0.2) is 9.97 Å². The van der Waals surface area contributed by atoms with Gasteiger partial charge in [-0.05, 0) is 12.5 Å². The fraction of sp³-hybridized carbons (Fsp3) is 0.550. The summed E-state index contributed by atoms with van der Waals surface area (Å²) < 4.78 is 18.7. The Balaban J connectivity index is 1.89. The molecule has 0 aliphatic carbocycles. The van der Waals surface area contributed by atoms with E-state index in [-0.39, 0.29) is 18.3 Å². The van der Waals surface area contributed by atoms with Crippen molar-refractivity contribution in [2.45, 2.75) is 58.2 Å². The van der Waals surface area contributed by atoms with Gasteiger partial charge in [0.25, 0.3) is 0 Å². The molecule has 1 saturated heterocycles. The van der Waals surface area contributed by atoms with Crippen molar-refractivity contribution in [3.05, 3.63) is 18.1 Å². The average Bonchev–Trinajstić information content (AvgIpc) is 3.11. The zero-order chi connectivity index (χ0) is 23.2. The highest BCUT2D eigenvalue weighted by Gasteiger charge is 2.59. The molecule has 1 amide bonds. The number of carbonyl (C=O) groups is 3. The standard InChI is InChI=1S/C20H24N4O8/c1-10(26)24-18-15-13(5-6-29-24)7-23(17(15)21-9-22-18)19-20(4,32-12(3)28)16(30-11(2)27)14(8-25)31-19/h7,9,14,16,19,25H,5-6,8H2,1-4H3/t14-,16-,19-,20-/m1/s1. The largest absolute Gasteiger partial charge is 0.455 e. The normalized spacial score (nSPS) is 27.3. The van der Waals surface area contributed by atoms with E-state index in [2.05, 4.69) is 9.97 Å². The van der Waals surface area contributed by atoms with Crippen molar-refractivity contribution in [3.8, 4) is 0 Å². The molecule has 2 aromatic rings. The summed E-state index contributed by atoms with van der Waals surface area (Å²) in [6, 6.07) is 0. The van der Waals surface area contributed by atoms with Gasteiger partial charge in [-0.2, -0.15) is 5.06 Å². The van der Waals surface area contributed by atoms with Crippen LogP contribution < -0.4 is 5.06 Å². The molecule has 32 heavy (non-hydrogen) atoms. The molecule has 0 unspecified atom stereocenters. The minimum absolute atomic E-state index is 0.233. The number of anilines is 1. The summed E-state index contributed by atoms with van der Waals surface area (Å²) in [5, 5.41) is 11.6. The summed E-state index contributed by atoms with van der Waals surface area (Å²) in [6.07, 6.45) is 0.506. The number of esters is 2. The first-order valence-electron chi connectivity index (χ1n) is 10.1. The molecule has 1 N–H and O–H groups in total. The fourth-order valence-electron chi connectivity index (χ4n) is 4.37. The van der Waals surface area contributed by atoms with Gasteiger partial charge in [-0.15, -0.1) is 0 Å². The predicted octanol–water partition coefficient (Wildman–Crippen LogP) is 0.415. The topological polar surface area (TPSA) is 142 Å². The summed E-state index contributed by atoms with van der Waals surface area (Å²) in [5.41, 5.74) is -0.268. The van der Waals surface area contributed by atoms with Crippen LogP contribution in [-0.2, 0) is 39.9 Å². The number of ether oxygens (including phenoxy) is 3. The Morgan fingerprint density at radius 1 is 1.25 bits per heavy atom. The summed E-state index contributed by atoms with van der Waals surface area (Å²) >= 11 is 0. The molecule has 12 nitrogen and oxygen atoms in total. The molecule has 4 heterocycles. The Kier molecular flexibility index (Phi) is 5.61. The number of hydrogen-bond donors (Lipinski definition) is 1. The van der Waals surface area contributed by atoms with E-state index in [0.29, 0.717) is 17.5 Å². The molecule has 0 spiro atoms. The lowest BCUT2D eigenvalue weighted by atomic mass is 9.95. The summed E-state index contributed by atoms with van der Waals surface area (Å²) in [7, 11) is 0. The summed E-state index contributed by atoms with van der Waals surface area (Å²) in [4.78, 5) is 50.0. The molecule has 1 fully saturated rings. The number of aliphatic hydroxyl groups is 1. The van der Waals surface area contributed by atoms with Crippen molar-refractivity contribution in [2.24, 2.45) is 0 Å². The lowest BCUT2D eigenvalue weighted by Crippen LogP contribution is -2.49. The number of nitrogens with zero attached hydrogens (tertiary/aromatic N) is 4. The Hall–Kier alpha value is -3.09. The molecule has 0 saturated carbocycles. The van der Waals surface area contributed by atoms with E-state index in [4.69, 9.17) is 19.0 Å². The second-order valence-corrected chi connectivity index (χ2v) is 7.87. The molecule has 4 rings (SSSR count). The molecule has 0 aromatic carbocycles. The van der Waals surface area contributed by atoms with E-state index in [0.717, 1.165) is 10.6 Å². The lowest BCUT2D eigenvalue weighted by Gasteiger charge is -2.34. The molecule has 2 aliphatic heterocycles. The highest BCUT2D eigenvalue weighted by Crippen LogP contribution is 2.45. The van der Waals surface area contributed by atoms with Crippen molar-refractivity contribution in [1.82, 2.24) is 14.5 Å². The minimum Gasteiger partial charge on any atom is -0.455 e. The Morgan fingerprint density at radius 2 is 2.00 bits per heavy atom. The van der Waals surface area contributed by atoms with E-state index in [1.807, 2.05) is 0 Å². The number of aromatic nitrogens is 3. The van der Waals surface area contributed by atoms with E-state index in [9.17, 15) is 19.5 Å². The third-order valence-electron chi connectivity index (χ3n) is 5.52. The van der Waals surface area contributed by atoms with Gasteiger partial charge in [0.1, 0.15) is 18.1 Å². The molecular weight excluding hydrogens is 424 g/mol. The molecule has 172 valence electrons. The summed E-state index contributed by atoms with van der Waals surface area (Å²) in [6.45, 7) is 5.16. The molecule has 2 aromatic heterocycles. The third-order valence-corrected chi connectivity index (χ3v) is 5.52. The smallest absolute Gasteiger partial charge is 0.303 e. The number of hydrogen-bond acceptors (Lipinski definition) is 10. The predicted molar refractivity (Wildman–Crippen MR) is 107 cm³/mol. The van der Waals surface area contributed by atoms with Gasteiger partial charge in [0, 0.05) is 33.4 Å². The fourth-order valence-corrected chi connectivity index (χ4v) is 4.37. The monoisotopic (exact) mass is 448 g/mol. The van der Waals surface area contributed by atoms with Crippen LogP contribution in [0.2, 0.25) is 0 Å². The van der Waals surface area contributed by atoms with E-state index in [1.165, 1.54) is 27.1 Å². The van der Waals surface area contributed by atoms with E-state index in [1.54, 1.807) is 17.7 Å². The van der Waals surface area contributed by atoms with Gasteiger partial charge in [0.2, 0.25) is 5.91 Å². The van der Waals surface area contributed by atoms with Crippen molar-refractivity contribution < 1.29 is 38.5 Å². The summed E-state index contributed by atoms with van der Waals surface area (Å²) in [5.74, 6) is -1.28. The molecular formula is C20H24N4O8. The first-order valence-corrected chi connectivity index (χ1v) is 10.1. The highest BCUT2D eigenvalue weighted by molar-refractivity contribution is 6.00. The van der Waals surface area contributed by atoms with Crippen LogP contribution in [0.4, 0.5) is 5.82 Å². The van der Waals surface area contributed by atoms with Crippen LogP contribution in [0, 0.1) is 0 Å². The van der Waals surface area contributed by atoms with Crippen LogP contribution >= 0.6 is 0 Å². The van der Waals surface area contributed by atoms with Gasteiger partial charge in [0.15, 0.2) is 23.8 Å². The van der Waals surface area contributed by atoms with Crippen LogP contribution in [0.15, 0.2) is 12.5 Å². The number of rotatable bonds is 4. The molecule has 0 bridgehead atoms. The van der Waals surface area contributed by atoms with E-state index >= 15 is 0 Å². The van der Waals surface area contributed by atoms with Crippen LogP contribution in [-0.4, -0.2) is 68.5 Å². The lowest BCUT2D eigenvalue weighted by molar-refractivity contribution is -0.184. The van der Waals surface area contributed by atoms with E-state index < -0.39 is 42.6 Å². The van der Waals surface area contributed by atoms with Gasteiger partial charge in [0.05, 0.1) is 18.6 Å². The van der Waals surface area contributed by atoms with Gasteiger partial charge < -0.3 is 23.9 Å². The maximum absolute atomic E-state index is 12.1. The third kappa shape index (κ3) is 3.49. The zero-order valence-corrected chi connectivity index (χ0v) is 18.1. The second-order valence-electron chi connectivity index (χ2n) is 7.87. The molecule has 0 radical (unpaired) electrons. The Morgan fingerprint density at radius 3 is 2.62 bits per heavy atom. The van der Waals surface area contributed by atoms with Gasteiger partial charge in [-0.1, -0.05) is 0 Å². The number of amides is 1. The molecule has 12 heteroatoms. The van der Waals surface area contributed by atoms with Crippen LogP contribution in [0.5, 0.6) is 0 Å². The van der Waals surface area contributed by atoms with Crippen LogP contribution in [0.3, 0.4) is 0 Å². The highest BCUT2D eigenvalue weighted by atomic mass is 16.7. The Labute approximate surface area is 183 Å². The maximum atomic E-state index is 12.1. The number of carbonyl (C=O) groups excluding carboxylic acids is 3. The van der Waals surface area contributed by atoms with Gasteiger partial charge >= 0.3 is 11.9 Å². The van der Waals surface area contributed by atoms with Crippen molar-refractivity contribution in [2.75, 3.05) is 18.3 Å². The number of aliphatic hydroxyl groups excluding tert-OH is 1.